The van der Waals surface area contributed by atoms with Crippen LogP contribution in [-0.4, -0.2) is 26.8 Å². The maximum absolute atomic E-state index is 13.7. The molecule has 0 atom stereocenters. The van der Waals surface area contributed by atoms with Crippen molar-refractivity contribution in [1.82, 2.24) is 0 Å². The molecular formula is C19H20FNO5S. The summed E-state index contributed by atoms with van der Waals surface area (Å²) in [5, 5.41) is 0. The fraction of sp³-hybridized carbons (Fsp3) is 0.263. The number of rotatable bonds is 6. The molecule has 0 fully saturated rings. The number of sulfonamides is 1. The molecule has 2 aromatic carbocycles. The Balaban J connectivity index is 2.18. The average Bonchev–Trinajstić information content (AvgIpc) is 2.60. The van der Waals surface area contributed by atoms with Gasteiger partial charge in [-0.1, -0.05) is 39.0 Å². The molecule has 0 saturated heterocycles. The van der Waals surface area contributed by atoms with Gasteiger partial charge in [-0.05, 0) is 30.3 Å². The molecular weight excluding hydrogens is 373 g/mol. The van der Waals surface area contributed by atoms with Crippen molar-refractivity contribution < 1.29 is 27.1 Å². The second-order valence-corrected chi connectivity index (χ2v) is 8.54. The molecule has 144 valence electrons. The molecule has 2 aromatic rings. The van der Waals surface area contributed by atoms with Crippen molar-refractivity contribution in [3.05, 3.63) is 59.9 Å². The first kappa shape index (κ1) is 20.6. The van der Waals surface area contributed by atoms with Crippen LogP contribution in [0.25, 0.3) is 0 Å². The van der Waals surface area contributed by atoms with Gasteiger partial charge < -0.3 is 4.74 Å². The number of halogens is 1. The normalized spacial score (nSPS) is 11.7. The molecule has 2 rings (SSSR count). The van der Waals surface area contributed by atoms with Crippen LogP contribution in [-0.2, 0) is 19.6 Å². The smallest absolute Gasteiger partial charge is 0.338 e. The van der Waals surface area contributed by atoms with Crippen LogP contribution in [0.2, 0.25) is 0 Å². The summed E-state index contributed by atoms with van der Waals surface area (Å²) in [5.74, 6) is -1.81. The maximum Gasteiger partial charge on any atom is 0.338 e. The van der Waals surface area contributed by atoms with Gasteiger partial charge >= 0.3 is 5.97 Å². The number of carbonyl (C=O) groups is 2. The molecule has 0 aliphatic heterocycles. The van der Waals surface area contributed by atoms with E-state index in [0.717, 1.165) is 12.1 Å². The standard InChI is InChI=1S/C19H20FNO5S/c1-19(2,3)17(22)12-26-18(23)13-7-6-8-14(11-13)27(24,25)21-16-10-5-4-9-15(16)20/h4-11,21H,12H2,1-3H3. The SMILES string of the molecule is CC(C)(C)C(=O)COC(=O)c1cccc(S(=O)(=O)Nc2ccccc2F)c1. The van der Waals surface area contributed by atoms with Gasteiger partial charge in [-0.3, -0.25) is 9.52 Å². The van der Waals surface area contributed by atoms with Gasteiger partial charge in [-0.25, -0.2) is 17.6 Å². The van der Waals surface area contributed by atoms with Crippen molar-refractivity contribution in [1.29, 1.82) is 0 Å². The van der Waals surface area contributed by atoms with Crippen LogP contribution < -0.4 is 4.72 Å². The lowest BCUT2D eigenvalue weighted by Crippen LogP contribution is -2.26. The number of hydrogen-bond acceptors (Lipinski definition) is 5. The first-order valence-corrected chi connectivity index (χ1v) is 9.57. The van der Waals surface area contributed by atoms with Crippen molar-refractivity contribution in [2.75, 3.05) is 11.3 Å². The Labute approximate surface area is 157 Å². The topological polar surface area (TPSA) is 89.5 Å². The maximum atomic E-state index is 13.7. The molecule has 27 heavy (non-hydrogen) atoms. The molecule has 0 heterocycles. The summed E-state index contributed by atoms with van der Waals surface area (Å²) < 4.78 is 45.7. The van der Waals surface area contributed by atoms with E-state index in [1.807, 2.05) is 0 Å². The largest absolute Gasteiger partial charge is 0.454 e. The van der Waals surface area contributed by atoms with E-state index < -0.39 is 33.8 Å². The lowest BCUT2D eigenvalue weighted by Gasteiger charge is -2.16. The van der Waals surface area contributed by atoms with Crippen molar-refractivity contribution in [2.24, 2.45) is 5.41 Å². The average molecular weight is 393 g/mol. The Kier molecular flexibility index (Phi) is 6.00. The molecule has 0 radical (unpaired) electrons. The zero-order valence-electron chi connectivity index (χ0n) is 15.2. The molecule has 0 bridgehead atoms. The number of nitrogens with one attached hydrogen (secondary N) is 1. The number of anilines is 1. The van der Waals surface area contributed by atoms with E-state index in [1.54, 1.807) is 20.8 Å². The second kappa shape index (κ2) is 7.87. The Morgan fingerprint density at radius 1 is 1.07 bits per heavy atom. The number of esters is 1. The van der Waals surface area contributed by atoms with Crippen molar-refractivity contribution in [3.63, 3.8) is 0 Å². The monoisotopic (exact) mass is 393 g/mol. The minimum atomic E-state index is -4.11. The summed E-state index contributed by atoms with van der Waals surface area (Å²) in [4.78, 5) is 23.7. The number of Topliss-reactive ketones (excluding diaryl/α,β-unsaturated/α-hetero) is 1. The fourth-order valence-corrected chi connectivity index (χ4v) is 3.08. The third kappa shape index (κ3) is 5.37. The van der Waals surface area contributed by atoms with Crippen molar-refractivity contribution >= 4 is 27.5 Å². The highest BCUT2D eigenvalue weighted by Gasteiger charge is 2.23. The van der Waals surface area contributed by atoms with Crippen LogP contribution >= 0.6 is 0 Å². The molecule has 0 aliphatic carbocycles. The molecule has 0 unspecified atom stereocenters. The quantitative estimate of drug-likeness (QED) is 0.760. The summed E-state index contributed by atoms with van der Waals surface area (Å²) >= 11 is 0. The van der Waals surface area contributed by atoms with E-state index in [0.29, 0.717) is 0 Å². The third-order valence-corrected chi connectivity index (χ3v) is 5.03. The lowest BCUT2D eigenvalue weighted by molar-refractivity contribution is -0.129. The number of ether oxygens (including phenoxy) is 1. The number of ketones is 1. The van der Waals surface area contributed by atoms with Gasteiger partial charge in [0.25, 0.3) is 10.0 Å². The van der Waals surface area contributed by atoms with Crippen LogP contribution in [0.3, 0.4) is 0 Å². The van der Waals surface area contributed by atoms with Gasteiger partial charge in [0, 0.05) is 5.41 Å². The number of benzene rings is 2. The molecule has 0 amide bonds. The van der Waals surface area contributed by atoms with Gasteiger partial charge in [-0.15, -0.1) is 0 Å². The molecule has 0 aliphatic rings. The highest BCUT2D eigenvalue weighted by molar-refractivity contribution is 7.92. The van der Waals surface area contributed by atoms with E-state index in [-0.39, 0.29) is 21.9 Å². The van der Waals surface area contributed by atoms with E-state index in [1.165, 1.54) is 36.4 Å². The van der Waals surface area contributed by atoms with Crippen LogP contribution in [0.4, 0.5) is 10.1 Å². The summed E-state index contributed by atoms with van der Waals surface area (Å²) in [6, 6.07) is 10.4. The Hall–Kier alpha value is -2.74. The first-order valence-electron chi connectivity index (χ1n) is 8.08. The van der Waals surface area contributed by atoms with Crippen LogP contribution in [0.5, 0.6) is 0 Å². The Morgan fingerprint density at radius 2 is 1.74 bits per heavy atom. The zero-order valence-corrected chi connectivity index (χ0v) is 16.0. The molecule has 1 N–H and O–H groups in total. The zero-order chi connectivity index (χ0) is 20.2. The third-order valence-electron chi connectivity index (χ3n) is 3.67. The predicted molar refractivity (Wildman–Crippen MR) is 98.4 cm³/mol. The van der Waals surface area contributed by atoms with Gasteiger partial charge in [0.05, 0.1) is 16.1 Å². The summed E-state index contributed by atoms with van der Waals surface area (Å²) in [5.41, 5.74) is -0.899. The lowest BCUT2D eigenvalue weighted by atomic mass is 9.91. The summed E-state index contributed by atoms with van der Waals surface area (Å²) in [6.45, 7) is 4.69. The van der Waals surface area contributed by atoms with Crippen molar-refractivity contribution in [2.45, 2.75) is 25.7 Å². The Morgan fingerprint density at radius 3 is 2.37 bits per heavy atom. The molecule has 0 saturated carbocycles. The fourth-order valence-electron chi connectivity index (χ4n) is 1.97. The molecule has 8 heteroatoms. The highest BCUT2D eigenvalue weighted by Crippen LogP contribution is 2.20. The van der Waals surface area contributed by atoms with E-state index in [9.17, 15) is 22.4 Å². The van der Waals surface area contributed by atoms with E-state index in [2.05, 4.69) is 4.72 Å². The van der Waals surface area contributed by atoms with Crippen LogP contribution in [0, 0.1) is 11.2 Å². The van der Waals surface area contributed by atoms with Crippen molar-refractivity contribution in [3.8, 4) is 0 Å². The molecule has 0 spiro atoms. The molecule has 6 nitrogen and oxygen atoms in total. The van der Waals surface area contributed by atoms with E-state index in [4.69, 9.17) is 4.74 Å². The minimum absolute atomic E-state index is 0.0342. The van der Waals surface area contributed by atoms with Gasteiger partial charge in [0.15, 0.2) is 12.4 Å². The highest BCUT2D eigenvalue weighted by atomic mass is 32.2. The molecule has 0 aromatic heterocycles. The first-order chi connectivity index (χ1) is 12.5. The van der Waals surface area contributed by atoms with Crippen LogP contribution in [0.15, 0.2) is 53.4 Å². The predicted octanol–water partition coefficient (Wildman–Crippen LogP) is 3.40. The number of carbonyl (C=O) groups excluding carboxylic acids is 2. The van der Waals surface area contributed by atoms with Gasteiger partial charge in [-0.2, -0.15) is 0 Å². The summed E-state index contributed by atoms with van der Waals surface area (Å²) in [6.07, 6.45) is 0. The van der Waals surface area contributed by atoms with Crippen LogP contribution in [0.1, 0.15) is 31.1 Å². The van der Waals surface area contributed by atoms with Gasteiger partial charge in [0.1, 0.15) is 5.82 Å². The Bertz CT molecular complexity index is 964. The minimum Gasteiger partial charge on any atom is -0.454 e. The van der Waals surface area contributed by atoms with Gasteiger partial charge in [0.2, 0.25) is 0 Å². The van der Waals surface area contributed by atoms with E-state index >= 15 is 0 Å². The summed E-state index contributed by atoms with van der Waals surface area (Å²) in [7, 11) is -4.11. The second-order valence-electron chi connectivity index (χ2n) is 6.86. The number of para-hydroxylation sites is 1. The number of hydrogen-bond donors (Lipinski definition) is 1.